The van der Waals surface area contributed by atoms with Crippen molar-refractivity contribution in [3.05, 3.63) is 77.6 Å². The second-order valence-corrected chi connectivity index (χ2v) is 8.45. The SMILES string of the molecule is CN(CC(C)(C)CN)c1ccncc1NC(=O)c1ccc(F)c(-c2c(F)cccc2F)c1F. The molecule has 3 rings (SSSR count). The van der Waals surface area contributed by atoms with E-state index in [2.05, 4.69) is 10.3 Å². The lowest BCUT2D eigenvalue weighted by atomic mass is 9.93. The average Bonchev–Trinajstić information content (AvgIpc) is 2.75. The Labute approximate surface area is 189 Å². The number of pyridine rings is 1. The first-order valence-electron chi connectivity index (χ1n) is 10.1. The fraction of sp³-hybridized carbons (Fsp3) is 0.250. The molecule has 3 aromatic rings. The number of aromatic nitrogens is 1. The van der Waals surface area contributed by atoms with E-state index in [0.29, 0.717) is 18.8 Å². The molecule has 3 N–H and O–H groups in total. The van der Waals surface area contributed by atoms with Crippen LogP contribution in [-0.2, 0) is 0 Å². The smallest absolute Gasteiger partial charge is 0.258 e. The van der Waals surface area contributed by atoms with E-state index < -0.39 is 45.9 Å². The Bertz CT molecular complexity index is 1160. The third kappa shape index (κ3) is 5.14. The summed E-state index contributed by atoms with van der Waals surface area (Å²) in [6.45, 7) is 4.96. The van der Waals surface area contributed by atoms with Crippen LogP contribution in [0, 0.1) is 28.7 Å². The van der Waals surface area contributed by atoms with Crippen LogP contribution >= 0.6 is 0 Å². The number of benzene rings is 2. The summed E-state index contributed by atoms with van der Waals surface area (Å²) in [6.07, 6.45) is 2.92. The molecule has 0 aliphatic heterocycles. The Balaban J connectivity index is 1.98. The summed E-state index contributed by atoms with van der Waals surface area (Å²) in [7, 11) is 1.81. The monoisotopic (exact) mass is 460 g/mol. The molecule has 0 unspecified atom stereocenters. The standard InChI is InChI=1S/C24H24F4N4O/c1-24(2,12-29)13-32(3)19-9-10-30-11-18(19)31-23(33)14-7-8-17(27)21(22(14)28)20-15(25)5-4-6-16(20)26/h4-11H,12-13,29H2,1-3H3,(H,31,33). The molecular formula is C24H24F4N4O. The van der Waals surface area contributed by atoms with Gasteiger partial charge in [0.1, 0.15) is 23.3 Å². The summed E-state index contributed by atoms with van der Waals surface area (Å²) in [4.78, 5) is 18.8. The van der Waals surface area contributed by atoms with Crippen molar-refractivity contribution in [3.8, 4) is 11.1 Å². The normalized spacial score (nSPS) is 11.4. The summed E-state index contributed by atoms with van der Waals surface area (Å²) >= 11 is 0. The van der Waals surface area contributed by atoms with E-state index in [1.165, 1.54) is 12.4 Å². The molecule has 174 valence electrons. The Kier molecular flexibility index (Phi) is 7.02. The van der Waals surface area contributed by atoms with Crippen LogP contribution in [0.4, 0.5) is 28.9 Å². The number of hydrogen-bond acceptors (Lipinski definition) is 4. The van der Waals surface area contributed by atoms with Gasteiger partial charge in [0.15, 0.2) is 0 Å². The molecule has 5 nitrogen and oxygen atoms in total. The lowest BCUT2D eigenvalue weighted by molar-refractivity contribution is 0.102. The van der Waals surface area contributed by atoms with Gasteiger partial charge in [-0.2, -0.15) is 0 Å². The number of nitrogens with one attached hydrogen (secondary N) is 1. The highest BCUT2D eigenvalue weighted by molar-refractivity contribution is 6.06. The molecular weight excluding hydrogens is 436 g/mol. The minimum absolute atomic E-state index is 0.221. The van der Waals surface area contributed by atoms with Crippen LogP contribution in [0.5, 0.6) is 0 Å². The Morgan fingerprint density at radius 2 is 1.67 bits per heavy atom. The number of nitrogens with two attached hydrogens (primary N) is 1. The molecule has 1 heterocycles. The van der Waals surface area contributed by atoms with Gasteiger partial charge >= 0.3 is 0 Å². The van der Waals surface area contributed by atoms with Gasteiger partial charge < -0.3 is 16.0 Å². The molecule has 0 fully saturated rings. The number of anilines is 2. The van der Waals surface area contributed by atoms with Crippen molar-refractivity contribution in [1.82, 2.24) is 4.98 Å². The van der Waals surface area contributed by atoms with E-state index >= 15 is 4.39 Å². The first-order valence-corrected chi connectivity index (χ1v) is 10.1. The molecule has 0 saturated heterocycles. The van der Waals surface area contributed by atoms with Crippen LogP contribution in [0.15, 0.2) is 48.8 Å². The van der Waals surface area contributed by atoms with E-state index in [4.69, 9.17) is 5.73 Å². The highest BCUT2D eigenvalue weighted by Crippen LogP contribution is 2.33. The van der Waals surface area contributed by atoms with Crippen molar-refractivity contribution in [2.75, 3.05) is 30.4 Å². The number of hydrogen-bond donors (Lipinski definition) is 2. The maximum Gasteiger partial charge on any atom is 0.258 e. The highest BCUT2D eigenvalue weighted by Gasteiger charge is 2.25. The van der Waals surface area contributed by atoms with Gasteiger partial charge in [0, 0.05) is 19.8 Å². The molecule has 9 heteroatoms. The Hall–Kier alpha value is -3.46. The van der Waals surface area contributed by atoms with E-state index in [1.807, 2.05) is 18.7 Å². The van der Waals surface area contributed by atoms with Crippen molar-refractivity contribution in [2.24, 2.45) is 11.1 Å². The van der Waals surface area contributed by atoms with Crippen LogP contribution in [-0.4, -0.2) is 31.0 Å². The topological polar surface area (TPSA) is 71.2 Å². The van der Waals surface area contributed by atoms with Crippen molar-refractivity contribution in [3.63, 3.8) is 0 Å². The maximum atomic E-state index is 15.2. The largest absolute Gasteiger partial charge is 0.372 e. The van der Waals surface area contributed by atoms with Gasteiger partial charge in [-0.15, -0.1) is 0 Å². The first-order chi connectivity index (χ1) is 15.6. The molecule has 1 amide bonds. The summed E-state index contributed by atoms with van der Waals surface area (Å²) in [5.74, 6) is -5.79. The second-order valence-electron chi connectivity index (χ2n) is 8.45. The number of rotatable bonds is 7. The molecule has 1 aromatic heterocycles. The van der Waals surface area contributed by atoms with Crippen molar-refractivity contribution in [2.45, 2.75) is 13.8 Å². The first kappa shape index (κ1) is 24.2. The number of halogens is 4. The van der Waals surface area contributed by atoms with E-state index in [9.17, 15) is 18.0 Å². The number of carbonyl (C=O) groups is 1. The second kappa shape index (κ2) is 9.58. The van der Waals surface area contributed by atoms with E-state index in [-0.39, 0.29) is 11.1 Å². The van der Waals surface area contributed by atoms with Gasteiger partial charge in [0.05, 0.1) is 34.3 Å². The van der Waals surface area contributed by atoms with Crippen LogP contribution in [0.1, 0.15) is 24.2 Å². The van der Waals surface area contributed by atoms with Gasteiger partial charge in [-0.3, -0.25) is 9.78 Å². The minimum atomic E-state index is -1.38. The van der Waals surface area contributed by atoms with Crippen LogP contribution in [0.25, 0.3) is 11.1 Å². The molecule has 0 spiro atoms. The zero-order valence-electron chi connectivity index (χ0n) is 18.4. The third-order valence-electron chi connectivity index (χ3n) is 5.22. The zero-order chi connectivity index (χ0) is 24.3. The average molecular weight is 460 g/mol. The summed E-state index contributed by atoms with van der Waals surface area (Å²) in [5, 5.41) is 2.56. The molecule has 0 atom stereocenters. The molecule has 0 radical (unpaired) electrons. The minimum Gasteiger partial charge on any atom is -0.372 e. The fourth-order valence-corrected chi connectivity index (χ4v) is 3.49. The summed E-state index contributed by atoms with van der Waals surface area (Å²) in [5.41, 5.74) is 4.05. The van der Waals surface area contributed by atoms with Crippen molar-refractivity contribution >= 4 is 17.3 Å². The van der Waals surface area contributed by atoms with Gasteiger partial charge in [-0.1, -0.05) is 19.9 Å². The van der Waals surface area contributed by atoms with Crippen LogP contribution in [0.2, 0.25) is 0 Å². The van der Waals surface area contributed by atoms with E-state index in [0.717, 1.165) is 30.3 Å². The predicted octanol–water partition coefficient (Wildman–Crippen LogP) is 4.98. The molecule has 0 bridgehead atoms. The third-order valence-corrected chi connectivity index (χ3v) is 5.22. The zero-order valence-corrected chi connectivity index (χ0v) is 18.4. The van der Waals surface area contributed by atoms with Crippen molar-refractivity contribution in [1.29, 1.82) is 0 Å². The molecule has 0 aliphatic carbocycles. The summed E-state index contributed by atoms with van der Waals surface area (Å²) < 4.78 is 58.0. The van der Waals surface area contributed by atoms with Crippen LogP contribution < -0.4 is 16.0 Å². The van der Waals surface area contributed by atoms with Gasteiger partial charge in [0.2, 0.25) is 0 Å². The number of nitrogens with zero attached hydrogens (tertiary/aromatic N) is 2. The van der Waals surface area contributed by atoms with Gasteiger partial charge in [0.25, 0.3) is 5.91 Å². The number of amides is 1. The van der Waals surface area contributed by atoms with Gasteiger partial charge in [-0.05, 0) is 42.3 Å². The lowest BCUT2D eigenvalue weighted by Gasteiger charge is -2.31. The maximum absolute atomic E-state index is 15.2. The van der Waals surface area contributed by atoms with E-state index in [1.54, 1.807) is 13.1 Å². The molecule has 33 heavy (non-hydrogen) atoms. The Morgan fingerprint density at radius 3 is 2.30 bits per heavy atom. The molecule has 0 saturated carbocycles. The Morgan fingerprint density at radius 1 is 1.03 bits per heavy atom. The highest BCUT2D eigenvalue weighted by atomic mass is 19.1. The quantitative estimate of drug-likeness (QED) is 0.488. The molecule has 2 aromatic carbocycles. The summed E-state index contributed by atoms with van der Waals surface area (Å²) in [6, 6.07) is 6.21. The van der Waals surface area contributed by atoms with Crippen LogP contribution in [0.3, 0.4) is 0 Å². The predicted molar refractivity (Wildman–Crippen MR) is 120 cm³/mol. The number of carbonyl (C=O) groups excluding carboxylic acids is 1. The molecule has 0 aliphatic rings. The van der Waals surface area contributed by atoms with Crippen molar-refractivity contribution < 1.29 is 22.4 Å². The fourth-order valence-electron chi connectivity index (χ4n) is 3.49. The van der Waals surface area contributed by atoms with Gasteiger partial charge in [-0.25, -0.2) is 17.6 Å². The lowest BCUT2D eigenvalue weighted by Crippen LogP contribution is -2.37.